The minimum Gasteiger partial charge on any atom is -0.496 e. The van der Waals surface area contributed by atoms with E-state index in [2.05, 4.69) is 4.74 Å². The summed E-state index contributed by atoms with van der Waals surface area (Å²) < 4.78 is 56.9. The van der Waals surface area contributed by atoms with Crippen molar-refractivity contribution in [2.24, 2.45) is 0 Å². The summed E-state index contributed by atoms with van der Waals surface area (Å²) in [5.41, 5.74) is -1.34. The van der Waals surface area contributed by atoms with Gasteiger partial charge in [-0.15, -0.1) is 0 Å². The molecule has 0 saturated carbocycles. The number of alkyl halides is 3. The molecular formula is C15H10F4O3. The van der Waals surface area contributed by atoms with Crippen LogP contribution in [0.2, 0.25) is 0 Å². The second kappa shape index (κ2) is 5.67. The van der Waals surface area contributed by atoms with Crippen LogP contribution in [-0.2, 0) is 6.18 Å². The zero-order valence-electron chi connectivity index (χ0n) is 11.2. The molecule has 0 aromatic heterocycles. The van der Waals surface area contributed by atoms with Gasteiger partial charge in [0.05, 0.1) is 18.2 Å². The van der Waals surface area contributed by atoms with E-state index in [1.807, 2.05) is 0 Å². The summed E-state index contributed by atoms with van der Waals surface area (Å²) in [6.45, 7) is 0. The number of hydrogen-bond acceptors (Lipinski definition) is 2. The van der Waals surface area contributed by atoms with Gasteiger partial charge in [-0.05, 0) is 35.4 Å². The zero-order chi connectivity index (χ0) is 16.5. The lowest BCUT2D eigenvalue weighted by atomic mass is 10.00. The van der Waals surface area contributed by atoms with Crippen LogP contribution in [0.1, 0.15) is 15.9 Å². The lowest BCUT2D eigenvalue weighted by Crippen LogP contribution is -2.07. The van der Waals surface area contributed by atoms with Gasteiger partial charge in [-0.2, -0.15) is 13.2 Å². The van der Waals surface area contributed by atoms with Crippen LogP contribution in [0.15, 0.2) is 36.4 Å². The Kier molecular flexibility index (Phi) is 4.07. The Morgan fingerprint density at radius 2 is 1.68 bits per heavy atom. The molecule has 0 saturated heterocycles. The first kappa shape index (κ1) is 15.8. The van der Waals surface area contributed by atoms with Crippen molar-refractivity contribution in [2.45, 2.75) is 6.18 Å². The molecule has 0 amide bonds. The van der Waals surface area contributed by atoms with Gasteiger partial charge in [0.1, 0.15) is 11.6 Å². The second-order valence-electron chi connectivity index (χ2n) is 4.41. The van der Waals surface area contributed by atoms with Crippen LogP contribution >= 0.6 is 0 Å². The molecule has 0 aliphatic heterocycles. The summed E-state index contributed by atoms with van der Waals surface area (Å²) in [5.74, 6) is -2.80. The third-order valence-corrected chi connectivity index (χ3v) is 3.03. The van der Waals surface area contributed by atoms with Gasteiger partial charge in [0.15, 0.2) is 0 Å². The highest BCUT2D eigenvalue weighted by Gasteiger charge is 2.34. The lowest BCUT2D eigenvalue weighted by molar-refractivity contribution is -0.138. The highest BCUT2D eigenvalue weighted by Crippen LogP contribution is 2.38. The van der Waals surface area contributed by atoms with E-state index >= 15 is 0 Å². The number of hydrogen-bond donors (Lipinski definition) is 1. The Balaban J connectivity index is 2.59. The fourth-order valence-corrected chi connectivity index (χ4v) is 1.98. The van der Waals surface area contributed by atoms with E-state index in [4.69, 9.17) is 5.11 Å². The molecular weight excluding hydrogens is 304 g/mol. The van der Waals surface area contributed by atoms with Gasteiger partial charge in [0.25, 0.3) is 0 Å². The van der Waals surface area contributed by atoms with Crippen molar-refractivity contribution in [1.82, 2.24) is 0 Å². The van der Waals surface area contributed by atoms with E-state index in [0.29, 0.717) is 0 Å². The molecule has 0 aliphatic carbocycles. The standard InChI is InChI=1S/C15H10F4O3/c1-22-13-5-3-9(7-11(13)15(17,18)19)8-2-4-12(16)10(6-8)14(20)21/h2-7H,1H3,(H,20,21). The van der Waals surface area contributed by atoms with Crippen LogP contribution in [0.3, 0.4) is 0 Å². The number of benzene rings is 2. The molecule has 0 atom stereocenters. The molecule has 22 heavy (non-hydrogen) atoms. The first-order valence-corrected chi connectivity index (χ1v) is 6.02. The fraction of sp³-hybridized carbons (Fsp3) is 0.133. The molecule has 0 unspecified atom stereocenters. The number of carboxylic acids is 1. The summed E-state index contributed by atoms with van der Waals surface area (Å²) in [7, 11) is 1.12. The smallest absolute Gasteiger partial charge is 0.419 e. The lowest BCUT2D eigenvalue weighted by Gasteiger charge is -2.14. The monoisotopic (exact) mass is 314 g/mol. The zero-order valence-corrected chi connectivity index (χ0v) is 11.2. The summed E-state index contributed by atoms with van der Waals surface area (Å²) in [6, 6.07) is 6.40. The van der Waals surface area contributed by atoms with E-state index in [0.717, 1.165) is 31.4 Å². The molecule has 1 N–H and O–H groups in total. The quantitative estimate of drug-likeness (QED) is 0.863. The molecule has 0 spiro atoms. The van der Waals surface area contributed by atoms with Gasteiger partial charge in [-0.3, -0.25) is 0 Å². The Bertz CT molecular complexity index is 723. The summed E-state index contributed by atoms with van der Waals surface area (Å²) in [6.07, 6.45) is -4.63. The van der Waals surface area contributed by atoms with Gasteiger partial charge in [0, 0.05) is 0 Å². The molecule has 0 fully saturated rings. The molecule has 0 bridgehead atoms. The van der Waals surface area contributed by atoms with Crippen LogP contribution in [0.4, 0.5) is 17.6 Å². The highest BCUT2D eigenvalue weighted by molar-refractivity contribution is 5.89. The van der Waals surface area contributed by atoms with Crippen molar-refractivity contribution in [1.29, 1.82) is 0 Å². The van der Waals surface area contributed by atoms with Gasteiger partial charge in [-0.25, -0.2) is 9.18 Å². The highest BCUT2D eigenvalue weighted by atomic mass is 19.4. The Morgan fingerprint density at radius 1 is 1.09 bits per heavy atom. The summed E-state index contributed by atoms with van der Waals surface area (Å²) in [4.78, 5) is 10.9. The molecule has 2 rings (SSSR count). The summed E-state index contributed by atoms with van der Waals surface area (Å²) >= 11 is 0. The first-order chi connectivity index (χ1) is 10.2. The topological polar surface area (TPSA) is 46.5 Å². The number of halogens is 4. The van der Waals surface area contributed by atoms with Crippen molar-refractivity contribution >= 4 is 5.97 Å². The average molecular weight is 314 g/mol. The molecule has 116 valence electrons. The molecule has 0 radical (unpaired) electrons. The van der Waals surface area contributed by atoms with Crippen molar-refractivity contribution in [3.05, 3.63) is 53.3 Å². The Labute approximate surface area is 122 Å². The number of rotatable bonds is 3. The van der Waals surface area contributed by atoms with Gasteiger partial charge in [0.2, 0.25) is 0 Å². The van der Waals surface area contributed by atoms with Crippen LogP contribution in [0.5, 0.6) is 5.75 Å². The minimum atomic E-state index is -4.63. The van der Waals surface area contributed by atoms with Crippen molar-refractivity contribution in [3.63, 3.8) is 0 Å². The largest absolute Gasteiger partial charge is 0.496 e. The average Bonchev–Trinajstić information content (AvgIpc) is 2.46. The maximum Gasteiger partial charge on any atom is 0.419 e. The van der Waals surface area contributed by atoms with Gasteiger partial charge >= 0.3 is 12.1 Å². The number of carbonyl (C=O) groups is 1. The summed E-state index contributed by atoms with van der Waals surface area (Å²) in [5, 5.41) is 8.86. The van der Waals surface area contributed by atoms with Crippen molar-refractivity contribution < 1.29 is 32.2 Å². The first-order valence-electron chi connectivity index (χ1n) is 6.02. The molecule has 2 aromatic rings. The Hall–Kier alpha value is -2.57. The predicted molar refractivity (Wildman–Crippen MR) is 70.3 cm³/mol. The van der Waals surface area contributed by atoms with E-state index in [-0.39, 0.29) is 16.9 Å². The molecule has 2 aromatic carbocycles. The SMILES string of the molecule is COc1ccc(-c2ccc(F)c(C(=O)O)c2)cc1C(F)(F)F. The third kappa shape index (κ3) is 3.03. The molecule has 0 heterocycles. The van der Waals surface area contributed by atoms with E-state index in [1.165, 1.54) is 12.1 Å². The van der Waals surface area contributed by atoms with E-state index in [1.54, 1.807) is 0 Å². The third-order valence-electron chi connectivity index (χ3n) is 3.03. The van der Waals surface area contributed by atoms with Crippen LogP contribution in [0, 0.1) is 5.82 Å². The van der Waals surface area contributed by atoms with Crippen molar-refractivity contribution in [3.8, 4) is 16.9 Å². The van der Waals surface area contributed by atoms with Gasteiger partial charge < -0.3 is 9.84 Å². The molecule has 3 nitrogen and oxygen atoms in total. The van der Waals surface area contributed by atoms with Crippen molar-refractivity contribution in [2.75, 3.05) is 7.11 Å². The van der Waals surface area contributed by atoms with Crippen LogP contribution in [-0.4, -0.2) is 18.2 Å². The molecule has 0 aliphatic rings. The number of methoxy groups -OCH3 is 1. The Morgan fingerprint density at radius 3 is 2.23 bits per heavy atom. The van der Waals surface area contributed by atoms with Gasteiger partial charge in [-0.1, -0.05) is 12.1 Å². The van der Waals surface area contributed by atoms with Crippen LogP contribution < -0.4 is 4.74 Å². The normalized spacial score (nSPS) is 11.3. The van der Waals surface area contributed by atoms with E-state index in [9.17, 15) is 22.4 Å². The second-order valence-corrected chi connectivity index (χ2v) is 4.41. The van der Waals surface area contributed by atoms with Crippen LogP contribution in [0.25, 0.3) is 11.1 Å². The fourth-order valence-electron chi connectivity index (χ4n) is 1.98. The maximum absolute atomic E-state index is 13.3. The maximum atomic E-state index is 13.3. The minimum absolute atomic E-state index is 0.107. The number of aromatic carboxylic acids is 1. The molecule has 7 heteroatoms. The van der Waals surface area contributed by atoms with E-state index < -0.39 is 29.1 Å². The number of carboxylic acid groups (broad SMARTS) is 1. The number of ether oxygens (including phenoxy) is 1. The predicted octanol–water partition coefficient (Wildman–Crippen LogP) is 4.22.